The number of nitrogens with zero attached hydrogens (tertiary/aromatic N) is 2. The highest BCUT2D eigenvalue weighted by Gasteiger charge is 2.32. The fourth-order valence-corrected chi connectivity index (χ4v) is 2.59. The quantitative estimate of drug-likeness (QED) is 0.817. The van der Waals surface area contributed by atoms with E-state index in [0.717, 1.165) is 25.0 Å². The highest BCUT2D eigenvalue weighted by Crippen LogP contribution is 2.26. The lowest BCUT2D eigenvalue weighted by atomic mass is 9.83. The molecule has 3 atom stereocenters. The first kappa shape index (κ1) is 15.9. The Labute approximate surface area is 125 Å². The minimum atomic E-state index is -0.0247. The Morgan fingerprint density at radius 1 is 1.48 bits per heavy atom. The van der Waals surface area contributed by atoms with Crippen molar-refractivity contribution >= 4 is 5.91 Å². The van der Waals surface area contributed by atoms with Gasteiger partial charge in [0.1, 0.15) is 0 Å². The number of aromatic nitrogens is 2. The summed E-state index contributed by atoms with van der Waals surface area (Å²) in [4.78, 5) is 20.4. The average molecular weight is 292 g/mol. The molecule has 1 fully saturated rings. The summed E-state index contributed by atoms with van der Waals surface area (Å²) in [6.07, 6.45) is 8.20. The molecule has 0 spiro atoms. The lowest BCUT2D eigenvalue weighted by molar-refractivity contribution is -0.128. The van der Waals surface area contributed by atoms with Gasteiger partial charge in [0.25, 0.3) is 0 Å². The first-order chi connectivity index (χ1) is 10.2. The van der Waals surface area contributed by atoms with Crippen LogP contribution in [0.15, 0.2) is 18.6 Å². The van der Waals surface area contributed by atoms with Crippen molar-refractivity contribution in [3.05, 3.63) is 24.3 Å². The first-order valence-corrected chi connectivity index (χ1v) is 7.60. The van der Waals surface area contributed by atoms with E-state index in [2.05, 4.69) is 22.2 Å². The van der Waals surface area contributed by atoms with Gasteiger partial charge in [0.2, 0.25) is 5.91 Å². The molecule has 6 nitrogen and oxygen atoms in total. The molecular formula is C15H24N4O2. The molecule has 3 N–H and O–H groups in total. The molecule has 0 saturated heterocycles. The van der Waals surface area contributed by atoms with Crippen LogP contribution in [0.3, 0.4) is 0 Å². The topological polar surface area (TPSA) is 90.1 Å². The van der Waals surface area contributed by atoms with Crippen LogP contribution in [0.5, 0.6) is 0 Å². The number of hydrogen-bond acceptors (Lipinski definition) is 5. The lowest BCUT2D eigenvalue weighted by Gasteiger charge is -2.33. The number of rotatable bonds is 6. The van der Waals surface area contributed by atoms with Crippen molar-refractivity contribution in [1.29, 1.82) is 0 Å². The number of carbonyl (C=O) groups is 1. The Balaban J connectivity index is 1.81. The van der Waals surface area contributed by atoms with Gasteiger partial charge in [-0.3, -0.25) is 14.8 Å². The monoisotopic (exact) mass is 292 g/mol. The fourth-order valence-electron chi connectivity index (χ4n) is 2.59. The van der Waals surface area contributed by atoms with Gasteiger partial charge in [-0.2, -0.15) is 0 Å². The van der Waals surface area contributed by atoms with Crippen LogP contribution in [0.1, 0.15) is 38.3 Å². The maximum Gasteiger partial charge on any atom is 0.223 e. The van der Waals surface area contributed by atoms with Gasteiger partial charge in [-0.1, -0.05) is 6.92 Å². The van der Waals surface area contributed by atoms with Crippen LogP contribution in [-0.4, -0.2) is 34.6 Å². The Bertz CT molecular complexity index is 441. The average Bonchev–Trinajstić information content (AvgIpc) is 2.53. The summed E-state index contributed by atoms with van der Waals surface area (Å²) >= 11 is 0. The number of carbonyl (C=O) groups excluding carboxylic acids is 1. The second-order valence-corrected chi connectivity index (χ2v) is 5.50. The smallest absolute Gasteiger partial charge is 0.223 e. The zero-order valence-corrected chi connectivity index (χ0v) is 12.5. The summed E-state index contributed by atoms with van der Waals surface area (Å²) < 4.78 is 5.76. The van der Waals surface area contributed by atoms with Crippen LogP contribution in [0.25, 0.3) is 0 Å². The van der Waals surface area contributed by atoms with Crippen LogP contribution >= 0.6 is 0 Å². The van der Waals surface area contributed by atoms with E-state index < -0.39 is 0 Å². The van der Waals surface area contributed by atoms with Gasteiger partial charge >= 0.3 is 0 Å². The SMILES string of the molecule is CCCO[C@@H]1C[C@@H](C(=O)NCc2cnccn2)CC[C@H]1N. The van der Waals surface area contributed by atoms with Crippen LogP contribution in [0, 0.1) is 5.92 Å². The highest BCUT2D eigenvalue weighted by atomic mass is 16.5. The summed E-state index contributed by atoms with van der Waals surface area (Å²) in [5, 5.41) is 2.92. The molecule has 116 valence electrons. The lowest BCUT2D eigenvalue weighted by Crippen LogP contribution is -2.45. The van der Waals surface area contributed by atoms with Crippen LogP contribution < -0.4 is 11.1 Å². The van der Waals surface area contributed by atoms with E-state index in [4.69, 9.17) is 10.5 Å². The third-order valence-corrected chi connectivity index (χ3v) is 3.81. The summed E-state index contributed by atoms with van der Waals surface area (Å²) in [6, 6.07) is 0.0422. The summed E-state index contributed by atoms with van der Waals surface area (Å²) in [5.41, 5.74) is 6.83. The molecular weight excluding hydrogens is 268 g/mol. The van der Waals surface area contributed by atoms with Gasteiger partial charge in [-0.15, -0.1) is 0 Å². The van der Waals surface area contributed by atoms with Crippen molar-refractivity contribution in [2.24, 2.45) is 11.7 Å². The van der Waals surface area contributed by atoms with Crippen LogP contribution in [0.4, 0.5) is 0 Å². The van der Waals surface area contributed by atoms with Crippen molar-refractivity contribution in [3.8, 4) is 0 Å². The maximum absolute atomic E-state index is 12.2. The van der Waals surface area contributed by atoms with Gasteiger partial charge < -0.3 is 15.8 Å². The Kier molecular flexibility index (Phi) is 6.07. The third-order valence-electron chi connectivity index (χ3n) is 3.81. The number of hydrogen-bond donors (Lipinski definition) is 2. The van der Waals surface area contributed by atoms with Gasteiger partial charge in [-0.05, 0) is 25.7 Å². The van der Waals surface area contributed by atoms with Gasteiger partial charge in [0, 0.05) is 31.0 Å². The number of amides is 1. The predicted octanol–water partition coefficient (Wildman–Crippen LogP) is 1.02. The van der Waals surface area contributed by atoms with Crippen molar-refractivity contribution < 1.29 is 9.53 Å². The molecule has 1 aromatic heterocycles. The van der Waals surface area contributed by atoms with Gasteiger partial charge in [-0.25, -0.2) is 0 Å². The van der Waals surface area contributed by atoms with Crippen LogP contribution in [0.2, 0.25) is 0 Å². The van der Waals surface area contributed by atoms with E-state index in [1.807, 2.05) is 0 Å². The zero-order chi connectivity index (χ0) is 15.1. The summed E-state index contributed by atoms with van der Waals surface area (Å²) in [5.74, 6) is 0.0287. The minimum absolute atomic E-state index is 0.00836. The highest BCUT2D eigenvalue weighted by molar-refractivity contribution is 5.78. The summed E-state index contributed by atoms with van der Waals surface area (Å²) in [6.45, 7) is 3.18. The molecule has 1 aliphatic carbocycles. The van der Waals surface area contributed by atoms with E-state index in [9.17, 15) is 4.79 Å². The minimum Gasteiger partial charge on any atom is -0.377 e. The molecule has 1 heterocycles. The molecule has 1 aromatic rings. The molecule has 0 radical (unpaired) electrons. The molecule has 21 heavy (non-hydrogen) atoms. The zero-order valence-electron chi connectivity index (χ0n) is 12.5. The summed E-state index contributed by atoms with van der Waals surface area (Å²) in [7, 11) is 0. The number of nitrogens with one attached hydrogen (secondary N) is 1. The van der Waals surface area contributed by atoms with E-state index in [1.54, 1.807) is 18.6 Å². The standard InChI is InChI=1S/C15H24N4O2/c1-2-7-21-14-8-11(3-4-13(14)16)15(20)19-10-12-9-17-5-6-18-12/h5-6,9,11,13-14H,2-4,7-8,10,16H2,1H3,(H,19,20)/t11-,13+,14+/m0/s1. The molecule has 6 heteroatoms. The van der Waals surface area contributed by atoms with Crippen molar-refractivity contribution in [2.75, 3.05) is 6.61 Å². The molecule has 2 rings (SSSR count). The molecule has 1 amide bonds. The second-order valence-electron chi connectivity index (χ2n) is 5.50. The number of nitrogens with two attached hydrogens (primary N) is 1. The Morgan fingerprint density at radius 2 is 2.33 bits per heavy atom. The second kappa shape index (κ2) is 8.05. The van der Waals surface area contributed by atoms with Gasteiger partial charge in [0.05, 0.1) is 24.5 Å². The molecule has 1 aliphatic rings. The molecule has 0 aliphatic heterocycles. The van der Waals surface area contributed by atoms with Crippen molar-refractivity contribution in [3.63, 3.8) is 0 Å². The fraction of sp³-hybridized carbons (Fsp3) is 0.667. The van der Waals surface area contributed by atoms with Crippen molar-refractivity contribution in [1.82, 2.24) is 15.3 Å². The van der Waals surface area contributed by atoms with Gasteiger partial charge in [0.15, 0.2) is 0 Å². The third kappa shape index (κ3) is 4.75. The Morgan fingerprint density at radius 3 is 3.05 bits per heavy atom. The molecule has 1 saturated carbocycles. The predicted molar refractivity (Wildman–Crippen MR) is 79.2 cm³/mol. The van der Waals surface area contributed by atoms with Crippen LogP contribution in [-0.2, 0) is 16.1 Å². The van der Waals surface area contributed by atoms with Crippen molar-refractivity contribution in [2.45, 2.75) is 51.3 Å². The molecule has 0 unspecified atom stereocenters. The largest absolute Gasteiger partial charge is 0.377 e. The normalized spacial score (nSPS) is 25.5. The first-order valence-electron chi connectivity index (χ1n) is 7.60. The van der Waals surface area contributed by atoms with E-state index in [0.29, 0.717) is 19.6 Å². The number of ether oxygens (including phenoxy) is 1. The van der Waals surface area contributed by atoms with E-state index in [1.165, 1.54) is 0 Å². The maximum atomic E-state index is 12.2. The Hall–Kier alpha value is -1.53. The van der Waals surface area contributed by atoms with E-state index >= 15 is 0 Å². The molecule has 0 aromatic carbocycles. The van der Waals surface area contributed by atoms with E-state index in [-0.39, 0.29) is 24.0 Å². The molecule has 0 bridgehead atoms.